The van der Waals surface area contributed by atoms with Crippen molar-refractivity contribution < 1.29 is 9.90 Å². The number of nitrogens with one attached hydrogen (secondary N) is 1. The van der Waals surface area contributed by atoms with Crippen LogP contribution in [0.15, 0.2) is 24.5 Å². The van der Waals surface area contributed by atoms with Crippen molar-refractivity contribution >= 4 is 16.9 Å². The second kappa shape index (κ2) is 4.42. The zero-order chi connectivity index (χ0) is 12.5. The van der Waals surface area contributed by atoms with E-state index < -0.39 is 6.10 Å². The standard InChI is InChI=1S/C13H15N3O2/c17-10-7-12(18)16(8-10)6-3-9-1-4-14-13-11(9)2-5-15-13/h1-2,4-5,10,17H,3,6-8H2,(H,14,15). The Balaban J connectivity index is 1.73. The second-order valence-electron chi connectivity index (χ2n) is 4.66. The molecule has 18 heavy (non-hydrogen) atoms. The number of carbonyl (C=O) groups excluding carboxylic acids is 1. The third-order valence-corrected chi connectivity index (χ3v) is 3.40. The van der Waals surface area contributed by atoms with E-state index in [2.05, 4.69) is 9.97 Å². The molecule has 1 fully saturated rings. The van der Waals surface area contributed by atoms with Crippen LogP contribution < -0.4 is 0 Å². The van der Waals surface area contributed by atoms with E-state index in [4.69, 9.17) is 0 Å². The van der Waals surface area contributed by atoms with E-state index in [1.165, 1.54) is 5.56 Å². The summed E-state index contributed by atoms with van der Waals surface area (Å²) in [6, 6.07) is 3.98. The first-order valence-electron chi connectivity index (χ1n) is 6.11. The van der Waals surface area contributed by atoms with Gasteiger partial charge in [0.25, 0.3) is 0 Å². The summed E-state index contributed by atoms with van der Waals surface area (Å²) < 4.78 is 0. The molecule has 0 saturated carbocycles. The summed E-state index contributed by atoms with van der Waals surface area (Å²) in [5, 5.41) is 10.5. The van der Waals surface area contributed by atoms with Crippen LogP contribution in [0.5, 0.6) is 0 Å². The molecule has 0 bridgehead atoms. The lowest BCUT2D eigenvalue weighted by atomic mass is 10.1. The van der Waals surface area contributed by atoms with Gasteiger partial charge in [-0.25, -0.2) is 4.98 Å². The van der Waals surface area contributed by atoms with Crippen molar-refractivity contribution in [3.05, 3.63) is 30.1 Å². The molecule has 3 heterocycles. The molecule has 0 spiro atoms. The maximum Gasteiger partial charge on any atom is 0.225 e. The van der Waals surface area contributed by atoms with Crippen LogP contribution in [0.4, 0.5) is 0 Å². The van der Waals surface area contributed by atoms with Gasteiger partial charge < -0.3 is 15.0 Å². The van der Waals surface area contributed by atoms with Gasteiger partial charge in [-0.15, -0.1) is 0 Å². The minimum absolute atomic E-state index is 0.0434. The number of rotatable bonds is 3. The molecule has 1 atom stereocenters. The van der Waals surface area contributed by atoms with Crippen molar-refractivity contribution in [2.75, 3.05) is 13.1 Å². The Labute approximate surface area is 104 Å². The Morgan fingerprint density at radius 1 is 1.50 bits per heavy atom. The Morgan fingerprint density at radius 2 is 2.39 bits per heavy atom. The quantitative estimate of drug-likeness (QED) is 0.836. The molecule has 2 aromatic rings. The number of amides is 1. The lowest BCUT2D eigenvalue weighted by Gasteiger charge is -2.15. The molecule has 2 aromatic heterocycles. The largest absolute Gasteiger partial charge is 0.391 e. The fraction of sp³-hybridized carbons (Fsp3) is 0.385. The van der Waals surface area contributed by atoms with E-state index >= 15 is 0 Å². The average Bonchev–Trinajstić information content (AvgIpc) is 2.93. The molecule has 1 unspecified atom stereocenters. The lowest BCUT2D eigenvalue weighted by Crippen LogP contribution is -2.28. The number of fused-ring (bicyclic) bond motifs is 1. The van der Waals surface area contributed by atoms with Gasteiger partial charge in [0.1, 0.15) is 5.65 Å². The number of aromatic amines is 1. The summed E-state index contributed by atoms with van der Waals surface area (Å²) in [6.45, 7) is 1.11. The molecule has 1 amide bonds. The predicted octanol–water partition coefficient (Wildman–Crippen LogP) is 0.699. The highest BCUT2D eigenvalue weighted by atomic mass is 16.3. The Morgan fingerprint density at radius 3 is 3.17 bits per heavy atom. The topological polar surface area (TPSA) is 69.2 Å². The number of aliphatic hydroxyl groups is 1. The van der Waals surface area contributed by atoms with Gasteiger partial charge in [0.15, 0.2) is 0 Å². The zero-order valence-corrected chi connectivity index (χ0v) is 9.97. The normalized spacial score (nSPS) is 19.9. The van der Waals surface area contributed by atoms with Crippen molar-refractivity contribution in [2.45, 2.75) is 18.9 Å². The molecule has 5 heteroatoms. The van der Waals surface area contributed by atoms with Gasteiger partial charge in [0.05, 0.1) is 12.5 Å². The van der Waals surface area contributed by atoms with Crippen molar-refractivity contribution in [1.29, 1.82) is 0 Å². The van der Waals surface area contributed by atoms with Crippen LogP contribution in [-0.4, -0.2) is 45.1 Å². The Kier molecular flexibility index (Phi) is 2.76. The van der Waals surface area contributed by atoms with Gasteiger partial charge >= 0.3 is 0 Å². The molecule has 2 N–H and O–H groups in total. The SMILES string of the molecule is O=C1CC(O)CN1CCc1ccnc2[nH]ccc12. The van der Waals surface area contributed by atoms with Crippen LogP contribution in [0.25, 0.3) is 11.0 Å². The van der Waals surface area contributed by atoms with Crippen LogP contribution in [0.1, 0.15) is 12.0 Å². The summed E-state index contributed by atoms with van der Waals surface area (Å²) in [6.07, 6.45) is 4.19. The number of likely N-dealkylation sites (tertiary alicyclic amines) is 1. The van der Waals surface area contributed by atoms with Crippen LogP contribution in [0.2, 0.25) is 0 Å². The average molecular weight is 245 g/mol. The minimum atomic E-state index is -0.498. The molecular formula is C13H15N3O2. The van der Waals surface area contributed by atoms with Gasteiger partial charge in [-0.05, 0) is 24.1 Å². The van der Waals surface area contributed by atoms with Crippen LogP contribution in [-0.2, 0) is 11.2 Å². The highest BCUT2D eigenvalue weighted by Crippen LogP contribution is 2.17. The number of hydrogen-bond donors (Lipinski definition) is 2. The summed E-state index contributed by atoms with van der Waals surface area (Å²) in [5.41, 5.74) is 2.05. The van der Waals surface area contributed by atoms with Crippen LogP contribution in [0.3, 0.4) is 0 Å². The molecule has 1 aliphatic heterocycles. The summed E-state index contributed by atoms with van der Waals surface area (Å²) in [5.74, 6) is 0.0434. The predicted molar refractivity (Wildman–Crippen MR) is 67.0 cm³/mol. The molecule has 0 aliphatic carbocycles. The molecule has 94 valence electrons. The molecule has 0 aromatic carbocycles. The van der Waals surface area contributed by atoms with E-state index in [0.717, 1.165) is 17.5 Å². The van der Waals surface area contributed by atoms with Crippen molar-refractivity contribution in [2.24, 2.45) is 0 Å². The Hall–Kier alpha value is -1.88. The highest BCUT2D eigenvalue weighted by molar-refractivity contribution is 5.80. The second-order valence-corrected chi connectivity index (χ2v) is 4.66. The van der Waals surface area contributed by atoms with Gasteiger partial charge in [-0.2, -0.15) is 0 Å². The van der Waals surface area contributed by atoms with Gasteiger partial charge in [0, 0.05) is 30.9 Å². The van der Waals surface area contributed by atoms with Gasteiger partial charge in [-0.1, -0.05) is 0 Å². The fourth-order valence-corrected chi connectivity index (χ4v) is 2.46. The number of hydrogen-bond acceptors (Lipinski definition) is 3. The molecule has 3 rings (SSSR count). The van der Waals surface area contributed by atoms with E-state index in [1.807, 2.05) is 18.3 Å². The van der Waals surface area contributed by atoms with Crippen molar-refractivity contribution in [3.8, 4) is 0 Å². The van der Waals surface area contributed by atoms with E-state index in [0.29, 0.717) is 13.1 Å². The smallest absolute Gasteiger partial charge is 0.225 e. The maximum atomic E-state index is 11.6. The number of H-pyrrole nitrogens is 1. The first-order valence-corrected chi connectivity index (χ1v) is 6.11. The molecule has 1 aliphatic rings. The minimum Gasteiger partial charge on any atom is -0.391 e. The number of aliphatic hydroxyl groups excluding tert-OH is 1. The third-order valence-electron chi connectivity index (χ3n) is 3.40. The first kappa shape index (κ1) is 11.2. The maximum absolute atomic E-state index is 11.6. The van der Waals surface area contributed by atoms with Crippen molar-refractivity contribution in [1.82, 2.24) is 14.9 Å². The summed E-state index contributed by atoms with van der Waals surface area (Å²) in [4.78, 5) is 20.6. The first-order chi connectivity index (χ1) is 8.74. The molecular weight excluding hydrogens is 230 g/mol. The summed E-state index contributed by atoms with van der Waals surface area (Å²) in [7, 11) is 0. The number of carbonyl (C=O) groups is 1. The molecule has 0 radical (unpaired) electrons. The monoisotopic (exact) mass is 245 g/mol. The molecule has 1 saturated heterocycles. The number of pyridine rings is 1. The van der Waals surface area contributed by atoms with Gasteiger partial charge in [0.2, 0.25) is 5.91 Å². The lowest BCUT2D eigenvalue weighted by molar-refractivity contribution is -0.127. The Bertz CT molecular complexity index is 578. The number of nitrogens with zero attached hydrogens (tertiary/aromatic N) is 2. The van der Waals surface area contributed by atoms with E-state index in [9.17, 15) is 9.90 Å². The van der Waals surface area contributed by atoms with Gasteiger partial charge in [-0.3, -0.25) is 4.79 Å². The molecule has 5 nitrogen and oxygen atoms in total. The zero-order valence-electron chi connectivity index (χ0n) is 9.97. The van der Waals surface area contributed by atoms with Crippen LogP contribution >= 0.6 is 0 Å². The number of aromatic nitrogens is 2. The number of β-amino-alcohol motifs (C(OH)–C–C–N with tert-alkyl or cyclic N) is 1. The van der Waals surface area contributed by atoms with E-state index in [1.54, 1.807) is 11.1 Å². The fourth-order valence-electron chi connectivity index (χ4n) is 2.46. The van der Waals surface area contributed by atoms with Crippen LogP contribution in [0, 0.1) is 0 Å². The van der Waals surface area contributed by atoms with Crippen molar-refractivity contribution in [3.63, 3.8) is 0 Å². The highest BCUT2D eigenvalue weighted by Gasteiger charge is 2.27. The van der Waals surface area contributed by atoms with E-state index in [-0.39, 0.29) is 12.3 Å². The summed E-state index contributed by atoms with van der Waals surface area (Å²) >= 11 is 0. The third kappa shape index (κ3) is 1.97.